The van der Waals surface area contributed by atoms with Crippen molar-refractivity contribution in [2.75, 3.05) is 20.3 Å². The third kappa shape index (κ3) is 3.24. The Balaban J connectivity index is 1.88. The van der Waals surface area contributed by atoms with Gasteiger partial charge in [-0.25, -0.2) is 0 Å². The van der Waals surface area contributed by atoms with E-state index in [1.165, 1.54) is 5.56 Å². The molecule has 0 bridgehead atoms. The molecule has 0 unspecified atom stereocenters. The number of amides is 1. The average Bonchev–Trinajstić information content (AvgIpc) is 3.16. The van der Waals surface area contributed by atoms with Gasteiger partial charge in [0, 0.05) is 30.5 Å². The molecule has 1 aliphatic carbocycles. The van der Waals surface area contributed by atoms with Gasteiger partial charge < -0.3 is 10.1 Å². The van der Waals surface area contributed by atoms with Gasteiger partial charge in [0.2, 0.25) is 5.91 Å². The zero-order valence-corrected chi connectivity index (χ0v) is 11.3. The Morgan fingerprint density at radius 2 is 2.06 bits per heavy atom. The third-order valence-electron chi connectivity index (χ3n) is 3.47. The van der Waals surface area contributed by atoms with Gasteiger partial charge in [0.15, 0.2) is 0 Å². The molecule has 2 rings (SSSR count). The summed E-state index contributed by atoms with van der Waals surface area (Å²) in [6, 6.07) is 7.92. The normalized spacial score (nSPS) is 16.3. The highest BCUT2D eigenvalue weighted by atomic mass is 35.5. The molecule has 1 saturated carbocycles. The van der Waals surface area contributed by atoms with Crippen molar-refractivity contribution < 1.29 is 9.53 Å². The summed E-state index contributed by atoms with van der Waals surface area (Å²) >= 11 is 5.88. The highest BCUT2D eigenvalue weighted by molar-refractivity contribution is 6.30. The van der Waals surface area contributed by atoms with E-state index in [1.54, 1.807) is 7.11 Å². The number of ether oxygens (including phenoxy) is 1. The average molecular weight is 268 g/mol. The molecule has 1 aromatic rings. The maximum Gasteiger partial charge on any atom is 0.222 e. The van der Waals surface area contributed by atoms with E-state index in [0.717, 1.165) is 17.9 Å². The second kappa shape index (κ2) is 5.72. The molecular weight excluding hydrogens is 250 g/mol. The first kappa shape index (κ1) is 13.4. The smallest absolute Gasteiger partial charge is 0.222 e. The summed E-state index contributed by atoms with van der Waals surface area (Å²) in [6.45, 7) is 1.18. The highest BCUT2D eigenvalue weighted by Crippen LogP contribution is 2.47. The van der Waals surface area contributed by atoms with E-state index in [1.807, 2.05) is 12.1 Å². The van der Waals surface area contributed by atoms with Crippen molar-refractivity contribution in [3.05, 3.63) is 34.9 Å². The molecule has 1 amide bonds. The molecule has 1 aliphatic rings. The van der Waals surface area contributed by atoms with E-state index < -0.39 is 0 Å². The fourth-order valence-corrected chi connectivity index (χ4v) is 2.20. The minimum atomic E-state index is 0.0529. The summed E-state index contributed by atoms with van der Waals surface area (Å²) in [5.41, 5.74) is 1.40. The van der Waals surface area contributed by atoms with Crippen LogP contribution in [0, 0.1) is 0 Å². The predicted molar refractivity (Wildman–Crippen MR) is 71.9 cm³/mol. The Morgan fingerprint density at radius 3 is 2.61 bits per heavy atom. The molecule has 1 N–H and O–H groups in total. The second-order valence-corrected chi connectivity index (χ2v) is 5.24. The summed E-state index contributed by atoms with van der Waals surface area (Å²) in [6.07, 6.45) is 2.67. The van der Waals surface area contributed by atoms with E-state index in [9.17, 15) is 4.79 Å². The molecule has 0 aromatic heterocycles. The van der Waals surface area contributed by atoms with Crippen LogP contribution in [0.25, 0.3) is 0 Å². The van der Waals surface area contributed by atoms with Crippen LogP contribution in [0.15, 0.2) is 24.3 Å². The van der Waals surface area contributed by atoms with E-state index >= 15 is 0 Å². The molecule has 18 heavy (non-hydrogen) atoms. The number of hydrogen-bond acceptors (Lipinski definition) is 2. The third-order valence-corrected chi connectivity index (χ3v) is 3.72. The Morgan fingerprint density at radius 1 is 1.39 bits per heavy atom. The molecule has 1 fully saturated rings. The van der Waals surface area contributed by atoms with Gasteiger partial charge in [-0.1, -0.05) is 23.7 Å². The van der Waals surface area contributed by atoms with Crippen LogP contribution >= 0.6 is 11.6 Å². The minimum absolute atomic E-state index is 0.0529. The summed E-state index contributed by atoms with van der Waals surface area (Å²) in [5, 5.41) is 3.73. The summed E-state index contributed by atoms with van der Waals surface area (Å²) in [4.78, 5) is 11.5. The number of hydrogen-bond donors (Lipinski definition) is 1. The summed E-state index contributed by atoms with van der Waals surface area (Å²) < 4.78 is 4.88. The van der Waals surface area contributed by atoms with E-state index in [4.69, 9.17) is 16.3 Å². The standard InChI is InChI=1S/C14H18ClNO2/c1-18-9-6-13(17)16-10-14(7-8-14)11-2-4-12(15)5-3-11/h2-5H,6-10H2,1H3,(H,16,17). The van der Waals surface area contributed by atoms with Gasteiger partial charge in [0.1, 0.15) is 0 Å². The zero-order valence-electron chi connectivity index (χ0n) is 10.5. The first-order valence-corrected chi connectivity index (χ1v) is 6.56. The number of benzene rings is 1. The molecule has 0 atom stereocenters. The Bertz CT molecular complexity index is 412. The lowest BCUT2D eigenvalue weighted by Gasteiger charge is -2.16. The van der Waals surface area contributed by atoms with Crippen molar-refractivity contribution in [3.63, 3.8) is 0 Å². The molecule has 0 spiro atoms. The largest absolute Gasteiger partial charge is 0.384 e. The highest BCUT2D eigenvalue weighted by Gasteiger charge is 2.44. The van der Waals surface area contributed by atoms with Crippen molar-refractivity contribution in [3.8, 4) is 0 Å². The van der Waals surface area contributed by atoms with Crippen LogP contribution in [0.2, 0.25) is 5.02 Å². The van der Waals surface area contributed by atoms with Crippen LogP contribution in [0.4, 0.5) is 0 Å². The summed E-state index contributed by atoms with van der Waals surface area (Å²) in [7, 11) is 1.60. The molecule has 0 heterocycles. The Hall–Kier alpha value is -1.06. The fourth-order valence-electron chi connectivity index (χ4n) is 2.07. The van der Waals surface area contributed by atoms with E-state index in [2.05, 4.69) is 17.4 Å². The van der Waals surface area contributed by atoms with Crippen LogP contribution in [0.5, 0.6) is 0 Å². The van der Waals surface area contributed by atoms with E-state index in [-0.39, 0.29) is 11.3 Å². The number of rotatable bonds is 6. The van der Waals surface area contributed by atoms with Crippen molar-refractivity contribution >= 4 is 17.5 Å². The topological polar surface area (TPSA) is 38.3 Å². The SMILES string of the molecule is COCCC(=O)NCC1(c2ccc(Cl)cc2)CC1. The fraction of sp³-hybridized carbons (Fsp3) is 0.500. The van der Waals surface area contributed by atoms with Crippen molar-refractivity contribution in [1.82, 2.24) is 5.32 Å². The van der Waals surface area contributed by atoms with Gasteiger partial charge in [0.25, 0.3) is 0 Å². The van der Waals surface area contributed by atoms with Crippen molar-refractivity contribution in [1.29, 1.82) is 0 Å². The maximum atomic E-state index is 11.5. The number of carbonyl (C=O) groups is 1. The molecule has 0 saturated heterocycles. The van der Waals surface area contributed by atoms with Gasteiger partial charge in [-0.2, -0.15) is 0 Å². The van der Waals surface area contributed by atoms with Gasteiger partial charge in [0.05, 0.1) is 6.61 Å². The number of halogens is 1. The lowest BCUT2D eigenvalue weighted by molar-refractivity contribution is -0.122. The van der Waals surface area contributed by atoms with Crippen LogP contribution < -0.4 is 5.32 Å². The maximum absolute atomic E-state index is 11.5. The van der Waals surface area contributed by atoms with E-state index in [0.29, 0.717) is 19.6 Å². The molecule has 3 nitrogen and oxygen atoms in total. The van der Waals surface area contributed by atoms with Crippen LogP contribution in [-0.4, -0.2) is 26.2 Å². The summed E-state index contributed by atoms with van der Waals surface area (Å²) in [5.74, 6) is 0.0529. The lowest BCUT2D eigenvalue weighted by Crippen LogP contribution is -2.32. The van der Waals surface area contributed by atoms with Gasteiger partial charge in [-0.15, -0.1) is 0 Å². The van der Waals surface area contributed by atoms with Crippen molar-refractivity contribution in [2.24, 2.45) is 0 Å². The van der Waals surface area contributed by atoms with Gasteiger partial charge in [-0.05, 0) is 30.5 Å². The van der Waals surface area contributed by atoms with Crippen molar-refractivity contribution in [2.45, 2.75) is 24.7 Å². The predicted octanol–water partition coefficient (Wildman–Crippen LogP) is 2.52. The van der Waals surface area contributed by atoms with Gasteiger partial charge in [-0.3, -0.25) is 4.79 Å². The Kier molecular flexibility index (Phi) is 4.25. The Labute approximate surface area is 112 Å². The molecule has 98 valence electrons. The molecule has 1 aromatic carbocycles. The first-order valence-electron chi connectivity index (χ1n) is 6.18. The zero-order chi connectivity index (χ0) is 13.0. The monoisotopic (exact) mass is 267 g/mol. The van der Waals surface area contributed by atoms with Crippen LogP contribution in [0.3, 0.4) is 0 Å². The minimum Gasteiger partial charge on any atom is -0.384 e. The molecule has 0 radical (unpaired) electrons. The number of nitrogens with one attached hydrogen (secondary N) is 1. The number of carbonyl (C=O) groups excluding carboxylic acids is 1. The second-order valence-electron chi connectivity index (χ2n) is 4.81. The quantitative estimate of drug-likeness (QED) is 0.860. The van der Waals surface area contributed by atoms with Gasteiger partial charge >= 0.3 is 0 Å². The van der Waals surface area contributed by atoms with Crippen LogP contribution in [0.1, 0.15) is 24.8 Å². The first-order chi connectivity index (χ1) is 8.66. The molecular formula is C14H18ClNO2. The molecule has 4 heteroatoms. The lowest BCUT2D eigenvalue weighted by atomic mass is 9.96. The van der Waals surface area contributed by atoms with Crippen LogP contribution in [-0.2, 0) is 14.9 Å². The molecule has 0 aliphatic heterocycles. The number of methoxy groups -OCH3 is 1.